The van der Waals surface area contributed by atoms with Gasteiger partial charge in [-0.2, -0.15) is 0 Å². The molecular weight excluding hydrogens is 376 g/mol. The lowest BCUT2D eigenvalue weighted by atomic mass is 9.91. The number of hydrogen-bond acceptors (Lipinski definition) is 3. The van der Waals surface area contributed by atoms with Crippen molar-refractivity contribution >= 4 is 6.03 Å². The summed E-state index contributed by atoms with van der Waals surface area (Å²) < 4.78 is 0. The number of aliphatic hydroxyl groups excluding tert-OH is 2. The Morgan fingerprint density at radius 2 is 1.10 bits per heavy atom. The number of terminal acetylenes is 2. The number of hydrogen-bond donors (Lipinski definition) is 2. The third-order valence-electron chi connectivity index (χ3n) is 5.53. The molecule has 0 radical (unpaired) electrons. The third-order valence-corrected chi connectivity index (χ3v) is 5.53. The molecule has 2 aromatic rings. The van der Waals surface area contributed by atoms with Crippen LogP contribution in [0.3, 0.4) is 0 Å². The van der Waals surface area contributed by atoms with Crippen LogP contribution in [0, 0.1) is 24.7 Å². The minimum atomic E-state index is -1.18. The van der Waals surface area contributed by atoms with Gasteiger partial charge in [-0.05, 0) is 24.0 Å². The van der Waals surface area contributed by atoms with Gasteiger partial charge in [0, 0.05) is 0 Å². The Bertz CT molecular complexity index is 841. The molecule has 30 heavy (non-hydrogen) atoms. The van der Waals surface area contributed by atoms with Crippen molar-refractivity contribution in [1.82, 2.24) is 9.80 Å². The number of nitrogens with zero attached hydrogens (tertiary/aromatic N) is 2. The second kappa shape index (κ2) is 9.98. The van der Waals surface area contributed by atoms with E-state index in [4.69, 9.17) is 12.8 Å². The van der Waals surface area contributed by atoms with Gasteiger partial charge in [-0.15, -0.1) is 12.8 Å². The average Bonchev–Trinajstić information content (AvgIpc) is 2.83. The largest absolute Gasteiger partial charge is 0.388 e. The van der Waals surface area contributed by atoms with Gasteiger partial charge in [0.2, 0.25) is 0 Å². The molecule has 1 heterocycles. The lowest BCUT2D eigenvalue weighted by molar-refractivity contribution is -0.0374. The van der Waals surface area contributed by atoms with Crippen LogP contribution >= 0.6 is 0 Å². The zero-order valence-corrected chi connectivity index (χ0v) is 16.8. The number of benzene rings is 2. The Balaban J connectivity index is 1.99. The van der Waals surface area contributed by atoms with Crippen molar-refractivity contribution in [3.05, 3.63) is 71.8 Å². The van der Waals surface area contributed by atoms with Crippen LogP contribution in [0.2, 0.25) is 0 Å². The molecule has 2 amide bonds. The van der Waals surface area contributed by atoms with Crippen molar-refractivity contribution in [2.75, 3.05) is 13.1 Å². The first-order chi connectivity index (χ1) is 14.6. The smallest absolute Gasteiger partial charge is 0.322 e. The van der Waals surface area contributed by atoms with Crippen molar-refractivity contribution in [3.8, 4) is 24.7 Å². The molecule has 1 fully saturated rings. The summed E-state index contributed by atoms with van der Waals surface area (Å²) in [5, 5.41) is 22.3. The molecule has 2 aromatic carbocycles. The molecule has 0 bridgehead atoms. The van der Waals surface area contributed by atoms with E-state index in [0.29, 0.717) is 12.8 Å². The van der Waals surface area contributed by atoms with Crippen LogP contribution in [-0.2, 0) is 12.8 Å². The van der Waals surface area contributed by atoms with Gasteiger partial charge in [0.15, 0.2) is 0 Å². The topological polar surface area (TPSA) is 64.0 Å². The summed E-state index contributed by atoms with van der Waals surface area (Å²) in [5.74, 6) is 5.02. The highest BCUT2D eigenvalue weighted by atomic mass is 16.3. The molecular formula is C25H26N2O3. The van der Waals surface area contributed by atoms with Crippen LogP contribution in [-0.4, -0.2) is 63.4 Å². The van der Waals surface area contributed by atoms with Gasteiger partial charge in [0.05, 0.1) is 25.2 Å². The zero-order valence-electron chi connectivity index (χ0n) is 16.8. The van der Waals surface area contributed by atoms with E-state index in [0.717, 1.165) is 11.1 Å². The second-order valence-electron chi connectivity index (χ2n) is 7.44. The summed E-state index contributed by atoms with van der Waals surface area (Å²) in [5.41, 5.74) is 1.88. The van der Waals surface area contributed by atoms with Crippen molar-refractivity contribution in [2.45, 2.75) is 37.1 Å². The van der Waals surface area contributed by atoms with Crippen molar-refractivity contribution in [1.29, 1.82) is 0 Å². The minimum Gasteiger partial charge on any atom is -0.388 e. The lowest BCUT2D eigenvalue weighted by Crippen LogP contribution is -2.51. The maximum atomic E-state index is 13.5. The van der Waals surface area contributed by atoms with Crippen LogP contribution in [0.15, 0.2) is 60.7 Å². The highest BCUT2D eigenvalue weighted by molar-refractivity contribution is 5.76. The Hall–Kier alpha value is -3.25. The summed E-state index contributed by atoms with van der Waals surface area (Å²) in [4.78, 5) is 16.4. The Labute approximate surface area is 177 Å². The van der Waals surface area contributed by atoms with E-state index < -0.39 is 24.3 Å². The molecule has 0 aromatic heterocycles. The van der Waals surface area contributed by atoms with Crippen molar-refractivity contribution in [2.24, 2.45) is 0 Å². The number of carbonyl (C=O) groups excluding carboxylic acids is 1. The maximum Gasteiger partial charge on any atom is 0.322 e. The summed E-state index contributed by atoms with van der Waals surface area (Å²) in [6.07, 6.45) is 9.45. The molecule has 2 N–H and O–H groups in total. The van der Waals surface area contributed by atoms with Gasteiger partial charge in [-0.3, -0.25) is 0 Å². The first kappa shape index (κ1) is 21.5. The quantitative estimate of drug-likeness (QED) is 0.726. The first-order valence-electron chi connectivity index (χ1n) is 9.95. The average molecular weight is 402 g/mol. The summed E-state index contributed by atoms with van der Waals surface area (Å²) in [6, 6.07) is 17.3. The van der Waals surface area contributed by atoms with Crippen LogP contribution in [0.4, 0.5) is 4.79 Å². The third kappa shape index (κ3) is 4.66. The van der Waals surface area contributed by atoms with Gasteiger partial charge in [0.1, 0.15) is 12.2 Å². The lowest BCUT2D eigenvalue weighted by Gasteiger charge is -2.33. The van der Waals surface area contributed by atoms with Crippen LogP contribution in [0.25, 0.3) is 0 Å². The molecule has 154 valence electrons. The number of urea groups is 1. The predicted octanol–water partition coefficient (Wildman–Crippen LogP) is 1.93. The monoisotopic (exact) mass is 402 g/mol. The van der Waals surface area contributed by atoms with E-state index in [2.05, 4.69) is 11.8 Å². The molecule has 0 spiro atoms. The Morgan fingerprint density at radius 1 is 0.733 bits per heavy atom. The van der Waals surface area contributed by atoms with E-state index >= 15 is 0 Å². The predicted molar refractivity (Wildman–Crippen MR) is 116 cm³/mol. The number of aliphatic hydroxyl groups is 2. The van der Waals surface area contributed by atoms with Gasteiger partial charge < -0.3 is 20.0 Å². The van der Waals surface area contributed by atoms with E-state index in [9.17, 15) is 15.0 Å². The molecule has 0 unspecified atom stereocenters. The second-order valence-corrected chi connectivity index (χ2v) is 7.44. The highest BCUT2D eigenvalue weighted by Gasteiger charge is 2.45. The van der Waals surface area contributed by atoms with Gasteiger partial charge in [-0.1, -0.05) is 72.5 Å². The highest BCUT2D eigenvalue weighted by Crippen LogP contribution is 2.27. The van der Waals surface area contributed by atoms with Crippen LogP contribution < -0.4 is 0 Å². The van der Waals surface area contributed by atoms with E-state index in [-0.39, 0.29) is 19.1 Å². The summed E-state index contributed by atoms with van der Waals surface area (Å²) >= 11 is 0. The number of rotatable bonds is 6. The molecule has 0 aliphatic carbocycles. The Kier molecular flexibility index (Phi) is 7.14. The normalized spacial score (nSPS) is 24.1. The minimum absolute atomic E-state index is 0.0131. The van der Waals surface area contributed by atoms with E-state index in [1.165, 1.54) is 9.80 Å². The summed E-state index contributed by atoms with van der Waals surface area (Å²) in [7, 11) is 0. The van der Waals surface area contributed by atoms with Crippen LogP contribution in [0.1, 0.15) is 11.1 Å². The molecule has 5 nitrogen and oxygen atoms in total. The van der Waals surface area contributed by atoms with E-state index in [1.54, 1.807) is 0 Å². The molecule has 5 heteroatoms. The summed E-state index contributed by atoms with van der Waals surface area (Å²) in [6.45, 7) is 0.0263. The van der Waals surface area contributed by atoms with Crippen molar-refractivity contribution < 1.29 is 15.0 Å². The zero-order chi connectivity index (χ0) is 21.5. The molecule has 3 rings (SSSR count). The molecule has 1 saturated heterocycles. The Morgan fingerprint density at radius 3 is 1.43 bits per heavy atom. The fourth-order valence-corrected chi connectivity index (χ4v) is 4.01. The number of amides is 2. The molecule has 1 aliphatic heterocycles. The fraction of sp³-hybridized carbons (Fsp3) is 0.320. The number of carbonyl (C=O) groups is 1. The standard InChI is InChI=1S/C25H26N2O3/c1-3-15-26-21(17-19-11-7-5-8-12-19)23(28)24(29)22(27(16-4-2)25(26)30)18-20-13-9-6-10-14-20/h1-2,5-14,21-24,28-29H,15-18H2/t21-,22-,23+,24+/m1/s1. The van der Waals surface area contributed by atoms with Crippen molar-refractivity contribution in [3.63, 3.8) is 0 Å². The molecule has 4 atom stereocenters. The molecule has 0 saturated carbocycles. The van der Waals surface area contributed by atoms with Crippen LogP contribution in [0.5, 0.6) is 0 Å². The maximum absolute atomic E-state index is 13.5. The van der Waals surface area contributed by atoms with Gasteiger partial charge in [-0.25, -0.2) is 4.79 Å². The first-order valence-corrected chi connectivity index (χ1v) is 9.95. The molecule has 1 aliphatic rings. The van der Waals surface area contributed by atoms with Gasteiger partial charge in [0.25, 0.3) is 0 Å². The SMILES string of the molecule is C#CCN1C(=O)N(CC#C)[C@H](Cc2ccccc2)[C@H](O)[C@@H](O)[C@H]1Cc1ccccc1. The van der Waals surface area contributed by atoms with Gasteiger partial charge >= 0.3 is 6.03 Å². The fourth-order valence-electron chi connectivity index (χ4n) is 4.01. The van der Waals surface area contributed by atoms with E-state index in [1.807, 2.05) is 60.7 Å².